The number of rotatable bonds is 6. The highest BCUT2D eigenvalue weighted by Gasteiger charge is 2.46. The molecule has 1 aliphatic rings. The van der Waals surface area contributed by atoms with Crippen LogP contribution < -0.4 is 16.4 Å². The molecule has 3 aromatic rings. The molecule has 0 spiro atoms. The third kappa shape index (κ3) is 4.54. The summed E-state index contributed by atoms with van der Waals surface area (Å²) in [5.41, 5.74) is 7.40. The number of anilines is 3. The number of benzene rings is 2. The molecular formula is C26H23N5O4. The van der Waals surface area contributed by atoms with Crippen LogP contribution >= 0.6 is 0 Å². The maximum absolute atomic E-state index is 13.3. The molecule has 0 unspecified atom stereocenters. The number of esters is 1. The van der Waals surface area contributed by atoms with Crippen molar-refractivity contribution in [2.24, 2.45) is 0 Å². The Morgan fingerprint density at radius 2 is 1.86 bits per heavy atom. The average molecular weight is 470 g/mol. The van der Waals surface area contributed by atoms with Crippen LogP contribution in [0.4, 0.5) is 17.2 Å². The van der Waals surface area contributed by atoms with Crippen LogP contribution in [0.15, 0.2) is 60.8 Å². The van der Waals surface area contributed by atoms with E-state index in [9.17, 15) is 14.4 Å². The number of hydrogen-bond donors (Lipinski definition) is 3. The number of methoxy groups -OCH3 is 1. The van der Waals surface area contributed by atoms with E-state index in [1.165, 1.54) is 19.2 Å². The summed E-state index contributed by atoms with van der Waals surface area (Å²) >= 11 is 0. The molecule has 1 heterocycles. The van der Waals surface area contributed by atoms with Gasteiger partial charge in [0.25, 0.3) is 5.91 Å². The van der Waals surface area contributed by atoms with Gasteiger partial charge in [-0.3, -0.25) is 9.59 Å². The minimum absolute atomic E-state index is 0.138. The second-order valence-electron chi connectivity index (χ2n) is 8.23. The Bertz CT molecular complexity index is 1340. The molecule has 1 aromatic heterocycles. The molecule has 176 valence electrons. The Hall–Kier alpha value is -4.71. The van der Waals surface area contributed by atoms with Gasteiger partial charge >= 0.3 is 5.97 Å². The van der Waals surface area contributed by atoms with Crippen LogP contribution in [-0.4, -0.2) is 29.9 Å². The lowest BCUT2D eigenvalue weighted by Gasteiger charge is -2.40. The van der Waals surface area contributed by atoms with Crippen molar-refractivity contribution in [2.75, 3.05) is 23.5 Å². The zero-order valence-corrected chi connectivity index (χ0v) is 19.0. The average Bonchev–Trinajstić information content (AvgIpc) is 2.85. The molecule has 0 aliphatic heterocycles. The number of ether oxygens (including phenoxy) is 1. The Labute approximate surface area is 201 Å². The summed E-state index contributed by atoms with van der Waals surface area (Å²) in [4.78, 5) is 42.1. The van der Waals surface area contributed by atoms with E-state index in [1.54, 1.807) is 48.7 Å². The van der Waals surface area contributed by atoms with Crippen molar-refractivity contribution in [3.05, 3.63) is 83.0 Å². The first-order valence-electron chi connectivity index (χ1n) is 10.9. The zero-order chi connectivity index (χ0) is 25.0. The number of amides is 2. The number of para-hydroxylation sites is 1. The van der Waals surface area contributed by atoms with E-state index in [2.05, 4.69) is 15.6 Å². The lowest BCUT2D eigenvalue weighted by Crippen LogP contribution is -2.46. The van der Waals surface area contributed by atoms with Gasteiger partial charge in [-0.2, -0.15) is 5.26 Å². The first-order valence-corrected chi connectivity index (χ1v) is 10.9. The summed E-state index contributed by atoms with van der Waals surface area (Å²) in [6.07, 6.45) is 3.71. The van der Waals surface area contributed by atoms with E-state index in [0.29, 0.717) is 41.0 Å². The van der Waals surface area contributed by atoms with Crippen LogP contribution in [0.5, 0.6) is 0 Å². The van der Waals surface area contributed by atoms with Crippen LogP contribution in [-0.2, 0) is 14.9 Å². The van der Waals surface area contributed by atoms with Crippen molar-refractivity contribution >= 4 is 35.0 Å². The van der Waals surface area contributed by atoms with Gasteiger partial charge in [0.05, 0.1) is 41.1 Å². The second-order valence-corrected chi connectivity index (χ2v) is 8.23. The van der Waals surface area contributed by atoms with Gasteiger partial charge in [-0.05, 0) is 54.8 Å². The number of nitrogens with zero attached hydrogens (tertiary/aromatic N) is 2. The van der Waals surface area contributed by atoms with Crippen molar-refractivity contribution in [3.63, 3.8) is 0 Å². The van der Waals surface area contributed by atoms with Crippen molar-refractivity contribution < 1.29 is 19.1 Å². The van der Waals surface area contributed by atoms with E-state index in [4.69, 9.17) is 15.7 Å². The largest absolute Gasteiger partial charge is 0.465 e. The minimum Gasteiger partial charge on any atom is -0.465 e. The van der Waals surface area contributed by atoms with Crippen LogP contribution in [0.25, 0.3) is 0 Å². The molecular weight excluding hydrogens is 446 g/mol. The number of carbonyl (C=O) groups is 3. The summed E-state index contributed by atoms with van der Waals surface area (Å²) in [5.74, 6) is -0.895. The molecule has 4 N–H and O–H groups in total. The quantitative estimate of drug-likeness (QED) is 0.369. The molecule has 2 amide bonds. The van der Waals surface area contributed by atoms with Gasteiger partial charge in [-0.15, -0.1) is 0 Å². The Balaban J connectivity index is 1.51. The van der Waals surface area contributed by atoms with E-state index < -0.39 is 11.4 Å². The maximum Gasteiger partial charge on any atom is 0.340 e. The predicted octanol–water partition coefficient (Wildman–Crippen LogP) is 3.63. The molecule has 4 rings (SSSR count). The number of nitrogen functional groups attached to an aromatic ring is 1. The maximum atomic E-state index is 13.3. The number of pyridine rings is 1. The van der Waals surface area contributed by atoms with Crippen molar-refractivity contribution in [1.29, 1.82) is 5.26 Å². The fourth-order valence-corrected chi connectivity index (χ4v) is 4.05. The third-order valence-electron chi connectivity index (χ3n) is 6.21. The first kappa shape index (κ1) is 23.4. The van der Waals surface area contributed by atoms with Crippen LogP contribution in [0.1, 0.15) is 51.1 Å². The predicted molar refractivity (Wildman–Crippen MR) is 130 cm³/mol. The first-order chi connectivity index (χ1) is 16.9. The van der Waals surface area contributed by atoms with Crippen LogP contribution in [0.3, 0.4) is 0 Å². The highest BCUT2D eigenvalue weighted by molar-refractivity contribution is 6.06. The fourth-order valence-electron chi connectivity index (χ4n) is 4.05. The highest BCUT2D eigenvalue weighted by Crippen LogP contribution is 2.45. The van der Waals surface area contributed by atoms with E-state index in [-0.39, 0.29) is 23.1 Å². The third-order valence-corrected chi connectivity index (χ3v) is 6.21. The molecule has 0 atom stereocenters. The number of nitrogens with two attached hydrogens (primary N) is 1. The lowest BCUT2D eigenvalue weighted by atomic mass is 9.64. The molecule has 1 saturated carbocycles. The SMILES string of the molecule is COC(=O)c1cccc(NC(=O)C2(c3ccc(NC(=O)c4cccc(C#N)c4)nc3)CCC2)c1N. The normalized spacial score (nSPS) is 13.6. The van der Waals surface area contributed by atoms with Crippen LogP contribution in [0, 0.1) is 11.3 Å². The van der Waals surface area contributed by atoms with Gasteiger partial charge in [-0.25, -0.2) is 9.78 Å². The zero-order valence-electron chi connectivity index (χ0n) is 19.0. The van der Waals surface area contributed by atoms with Gasteiger partial charge in [0.2, 0.25) is 5.91 Å². The molecule has 0 radical (unpaired) electrons. The van der Waals surface area contributed by atoms with Gasteiger partial charge in [0, 0.05) is 11.8 Å². The highest BCUT2D eigenvalue weighted by atomic mass is 16.5. The van der Waals surface area contributed by atoms with Gasteiger partial charge < -0.3 is 21.1 Å². The van der Waals surface area contributed by atoms with Gasteiger partial charge in [-0.1, -0.05) is 24.6 Å². The monoisotopic (exact) mass is 469 g/mol. The summed E-state index contributed by atoms with van der Waals surface area (Å²) in [5, 5.41) is 14.6. The minimum atomic E-state index is -0.787. The van der Waals surface area contributed by atoms with Crippen LogP contribution in [0.2, 0.25) is 0 Å². The smallest absolute Gasteiger partial charge is 0.340 e. The van der Waals surface area contributed by atoms with Crippen molar-refractivity contribution in [1.82, 2.24) is 4.98 Å². The Morgan fingerprint density at radius 1 is 1.09 bits per heavy atom. The summed E-state index contributed by atoms with van der Waals surface area (Å²) in [7, 11) is 1.26. The molecule has 0 bridgehead atoms. The molecule has 1 aliphatic carbocycles. The summed E-state index contributed by atoms with van der Waals surface area (Å²) < 4.78 is 4.74. The second kappa shape index (κ2) is 9.65. The molecule has 0 saturated heterocycles. The topological polar surface area (TPSA) is 147 Å². The molecule has 35 heavy (non-hydrogen) atoms. The number of hydrogen-bond acceptors (Lipinski definition) is 7. The summed E-state index contributed by atoms with van der Waals surface area (Å²) in [6.45, 7) is 0. The number of nitrogens with one attached hydrogen (secondary N) is 2. The van der Waals surface area contributed by atoms with Gasteiger partial charge in [0.15, 0.2) is 0 Å². The molecule has 9 heteroatoms. The van der Waals surface area contributed by atoms with Crippen molar-refractivity contribution in [2.45, 2.75) is 24.7 Å². The van der Waals surface area contributed by atoms with Crippen molar-refractivity contribution in [3.8, 4) is 6.07 Å². The lowest BCUT2D eigenvalue weighted by molar-refractivity contribution is -0.124. The fraction of sp³-hybridized carbons (Fsp3) is 0.192. The van der Waals surface area contributed by atoms with E-state index >= 15 is 0 Å². The molecule has 9 nitrogen and oxygen atoms in total. The van der Waals surface area contributed by atoms with E-state index in [0.717, 1.165) is 6.42 Å². The number of nitriles is 1. The summed E-state index contributed by atoms with van der Waals surface area (Å²) in [6, 6.07) is 16.6. The Morgan fingerprint density at radius 3 is 2.49 bits per heavy atom. The van der Waals surface area contributed by atoms with Gasteiger partial charge in [0.1, 0.15) is 5.82 Å². The Kier molecular flexibility index (Phi) is 6.46. The standard InChI is InChI=1S/C26H23N5O4/c1-35-24(33)19-7-3-8-20(22(19)28)30-25(34)26(11-4-12-26)18-9-10-21(29-15-18)31-23(32)17-6-2-5-16(13-17)14-27/h2-3,5-10,13,15H,4,11-12,28H2,1H3,(H,30,34)(H,29,31,32). The number of aromatic nitrogens is 1. The molecule has 1 fully saturated rings. The number of carbonyl (C=O) groups excluding carboxylic acids is 3. The molecule has 2 aromatic carbocycles. The van der Waals surface area contributed by atoms with E-state index in [1.807, 2.05) is 6.07 Å².